The SMILES string of the molecule is O=C(Nc1ccc(Cl)cc1Cl)[C@H](Cc1ccccc1)NS(=O)(=O)c1ccc(Cl)cc1. The first-order valence-corrected chi connectivity index (χ1v) is 11.4. The molecule has 0 heterocycles. The van der Waals surface area contributed by atoms with Gasteiger partial charge >= 0.3 is 0 Å². The van der Waals surface area contributed by atoms with Crippen LogP contribution in [0.5, 0.6) is 0 Å². The molecular weight excluding hydrogens is 467 g/mol. The van der Waals surface area contributed by atoms with Crippen molar-refractivity contribution < 1.29 is 13.2 Å². The first-order chi connectivity index (χ1) is 14.2. The molecule has 0 saturated carbocycles. The average Bonchev–Trinajstić information content (AvgIpc) is 2.70. The van der Waals surface area contributed by atoms with Crippen molar-refractivity contribution in [2.45, 2.75) is 17.4 Å². The van der Waals surface area contributed by atoms with Gasteiger partial charge in [-0.15, -0.1) is 0 Å². The normalized spacial score (nSPS) is 12.4. The number of carbonyl (C=O) groups is 1. The van der Waals surface area contributed by atoms with E-state index in [1.54, 1.807) is 12.1 Å². The van der Waals surface area contributed by atoms with Crippen LogP contribution in [0.15, 0.2) is 77.7 Å². The number of amides is 1. The van der Waals surface area contributed by atoms with Gasteiger partial charge in [0.25, 0.3) is 0 Å². The molecule has 0 aliphatic rings. The summed E-state index contributed by atoms with van der Waals surface area (Å²) in [5, 5.41) is 3.73. The van der Waals surface area contributed by atoms with E-state index in [-0.39, 0.29) is 16.3 Å². The molecule has 0 fully saturated rings. The molecule has 0 aliphatic heterocycles. The predicted octanol–water partition coefficient (Wildman–Crippen LogP) is 5.18. The summed E-state index contributed by atoms with van der Waals surface area (Å²) < 4.78 is 28.1. The summed E-state index contributed by atoms with van der Waals surface area (Å²) in [4.78, 5) is 13.0. The minimum atomic E-state index is -3.97. The maximum Gasteiger partial charge on any atom is 0.242 e. The van der Waals surface area contributed by atoms with E-state index >= 15 is 0 Å². The highest BCUT2D eigenvalue weighted by molar-refractivity contribution is 7.89. The number of benzene rings is 3. The number of rotatable bonds is 7. The zero-order valence-electron chi connectivity index (χ0n) is 15.5. The summed E-state index contributed by atoms with van der Waals surface area (Å²) in [6, 6.07) is 18.3. The molecule has 0 saturated heterocycles. The Hall–Kier alpha value is -2.09. The lowest BCUT2D eigenvalue weighted by atomic mass is 10.1. The Morgan fingerprint density at radius 2 is 1.50 bits per heavy atom. The second-order valence-corrected chi connectivity index (χ2v) is 9.42. The zero-order valence-corrected chi connectivity index (χ0v) is 18.6. The van der Waals surface area contributed by atoms with Crippen molar-refractivity contribution in [3.05, 3.63) is 93.4 Å². The van der Waals surface area contributed by atoms with Gasteiger partial charge in [0.05, 0.1) is 15.6 Å². The van der Waals surface area contributed by atoms with Crippen molar-refractivity contribution in [1.29, 1.82) is 0 Å². The Labute approximate surface area is 190 Å². The highest BCUT2D eigenvalue weighted by Crippen LogP contribution is 2.26. The van der Waals surface area contributed by atoms with E-state index in [0.717, 1.165) is 5.56 Å². The van der Waals surface area contributed by atoms with Crippen LogP contribution < -0.4 is 10.0 Å². The lowest BCUT2D eigenvalue weighted by Gasteiger charge is -2.19. The molecule has 156 valence electrons. The van der Waals surface area contributed by atoms with Gasteiger partial charge in [-0.25, -0.2) is 8.42 Å². The van der Waals surface area contributed by atoms with Crippen molar-refractivity contribution >= 4 is 56.4 Å². The number of carbonyl (C=O) groups excluding carboxylic acids is 1. The van der Waals surface area contributed by atoms with Gasteiger partial charge in [-0.05, 0) is 54.4 Å². The number of hydrogen-bond donors (Lipinski definition) is 2. The molecule has 0 bridgehead atoms. The summed E-state index contributed by atoms with van der Waals surface area (Å²) in [5.74, 6) is -0.555. The maximum absolute atomic E-state index is 13.0. The molecule has 3 rings (SSSR count). The van der Waals surface area contributed by atoms with Crippen molar-refractivity contribution in [2.24, 2.45) is 0 Å². The molecule has 0 aromatic heterocycles. The van der Waals surface area contributed by atoms with Crippen LogP contribution >= 0.6 is 34.8 Å². The summed E-state index contributed by atoms with van der Waals surface area (Å²) in [6.07, 6.45) is 0.144. The van der Waals surface area contributed by atoms with Crippen LogP contribution in [-0.4, -0.2) is 20.4 Å². The van der Waals surface area contributed by atoms with Gasteiger partial charge in [0.15, 0.2) is 0 Å². The van der Waals surface area contributed by atoms with Gasteiger partial charge in [0, 0.05) is 10.0 Å². The number of anilines is 1. The van der Waals surface area contributed by atoms with Crippen molar-refractivity contribution in [1.82, 2.24) is 4.72 Å². The van der Waals surface area contributed by atoms with E-state index < -0.39 is 22.0 Å². The monoisotopic (exact) mass is 482 g/mol. The highest BCUT2D eigenvalue weighted by atomic mass is 35.5. The second-order valence-electron chi connectivity index (χ2n) is 6.43. The standard InChI is InChI=1S/C21H17Cl3N2O3S/c22-15-6-9-17(10-7-15)30(28,29)26-20(12-14-4-2-1-3-5-14)21(27)25-19-11-8-16(23)13-18(19)24/h1-11,13,20,26H,12H2,(H,25,27)/t20-/m0/s1. The average molecular weight is 484 g/mol. The number of nitrogens with one attached hydrogen (secondary N) is 2. The fourth-order valence-corrected chi connectivity index (χ4v) is 4.49. The molecule has 3 aromatic rings. The van der Waals surface area contributed by atoms with Crippen LogP contribution in [0.4, 0.5) is 5.69 Å². The molecule has 0 aliphatic carbocycles. The van der Waals surface area contributed by atoms with Gasteiger partial charge in [-0.1, -0.05) is 65.1 Å². The van der Waals surface area contributed by atoms with Crippen molar-refractivity contribution in [3.63, 3.8) is 0 Å². The van der Waals surface area contributed by atoms with E-state index in [1.807, 2.05) is 30.3 Å². The smallest absolute Gasteiger partial charge is 0.242 e. The number of halogens is 3. The van der Waals surface area contributed by atoms with Crippen LogP contribution in [-0.2, 0) is 21.2 Å². The van der Waals surface area contributed by atoms with Crippen LogP contribution in [0.2, 0.25) is 15.1 Å². The quantitative estimate of drug-likeness (QED) is 0.486. The molecule has 1 atom stereocenters. The number of sulfonamides is 1. The molecule has 0 unspecified atom stereocenters. The van der Waals surface area contributed by atoms with Gasteiger partial charge in [-0.2, -0.15) is 4.72 Å². The molecule has 0 radical (unpaired) electrons. The Morgan fingerprint density at radius 3 is 2.13 bits per heavy atom. The van der Waals surface area contributed by atoms with E-state index in [1.165, 1.54) is 30.3 Å². The van der Waals surface area contributed by atoms with Gasteiger partial charge in [-0.3, -0.25) is 4.79 Å². The Morgan fingerprint density at radius 1 is 0.867 bits per heavy atom. The third kappa shape index (κ3) is 5.97. The summed E-state index contributed by atoms with van der Waals surface area (Å²) in [6.45, 7) is 0. The van der Waals surface area contributed by atoms with Crippen LogP contribution in [0.1, 0.15) is 5.56 Å². The Bertz CT molecular complexity index is 1140. The molecule has 30 heavy (non-hydrogen) atoms. The van der Waals surface area contributed by atoms with Crippen molar-refractivity contribution in [3.8, 4) is 0 Å². The van der Waals surface area contributed by atoms with Crippen LogP contribution in [0.3, 0.4) is 0 Å². The van der Waals surface area contributed by atoms with E-state index in [2.05, 4.69) is 10.0 Å². The molecule has 9 heteroatoms. The van der Waals surface area contributed by atoms with Crippen molar-refractivity contribution in [2.75, 3.05) is 5.32 Å². The minimum Gasteiger partial charge on any atom is -0.323 e. The Kier molecular flexibility index (Phi) is 7.39. The maximum atomic E-state index is 13.0. The summed E-state index contributed by atoms with van der Waals surface area (Å²) >= 11 is 17.9. The molecule has 1 amide bonds. The summed E-state index contributed by atoms with van der Waals surface area (Å²) in [7, 11) is -3.97. The lowest BCUT2D eigenvalue weighted by Crippen LogP contribution is -2.45. The second kappa shape index (κ2) is 9.81. The fraction of sp³-hybridized carbons (Fsp3) is 0.0952. The van der Waals surface area contributed by atoms with Gasteiger partial charge in [0.2, 0.25) is 15.9 Å². The Balaban J connectivity index is 1.87. The van der Waals surface area contributed by atoms with Crippen LogP contribution in [0, 0.1) is 0 Å². The zero-order chi connectivity index (χ0) is 21.7. The van der Waals surface area contributed by atoms with Gasteiger partial charge in [0.1, 0.15) is 6.04 Å². The van der Waals surface area contributed by atoms with E-state index in [4.69, 9.17) is 34.8 Å². The molecule has 0 spiro atoms. The van der Waals surface area contributed by atoms with Gasteiger partial charge < -0.3 is 5.32 Å². The molecule has 5 nitrogen and oxygen atoms in total. The molecule has 2 N–H and O–H groups in total. The third-order valence-corrected chi connectivity index (χ3v) is 6.50. The first kappa shape index (κ1) is 22.6. The predicted molar refractivity (Wildman–Crippen MR) is 121 cm³/mol. The molecular formula is C21H17Cl3N2O3S. The van der Waals surface area contributed by atoms with E-state index in [0.29, 0.717) is 15.7 Å². The topological polar surface area (TPSA) is 75.3 Å². The summed E-state index contributed by atoms with van der Waals surface area (Å²) in [5.41, 5.74) is 1.12. The largest absolute Gasteiger partial charge is 0.323 e. The highest BCUT2D eigenvalue weighted by Gasteiger charge is 2.26. The first-order valence-electron chi connectivity index (χ1n) is 8.82. The van der Waals surface area contributed by atoms with Crippen LogP contribution in [0.25, 0.3) is 0 Å². The lowest BCUT2D eigenvalue weighted by molar-refractivity contribution is -0.117. The molecule has 3 aromatic carbocycles. The fourth-order valence-electron chi connectivity index (χ4n) is 2.72. The number of hydrogen-bond acceptors (Lipinski definition) is 3. The van der Waals surface area contributed by atoms with E-state index in [9.17, 15) is 13.2 Å². The minimum absolute atomic E-state index is 0.00212. The third-order valence-electron chi connectivity index (χ3n) is 4.21.